The Labute approximate surface area is 145 Å². The first kappa shape index (κ1) is 16.2. The SMILES string of the molecule is CC(NC(=O)Cc1ccc(Cl)cc1)c1ccc(-n2cncn2)cc1. The summed E-state index contributed by atoms with van der Waals surface area (Å²) in [6.45, 7) is 1.96. The maximum Gasteiger partial charge on any atom is 0.224 e. The molecule has 1 aromatic heterocycles. The summed E-state index contributed by atoms with van der Waals surface area (Å²) in [7, 11) is 0. The number of benzene rings is 2. The van der Waals surface area contributed by atoms with E-state index >= 15 is 0 Å². The van der Waals surface area contributed by atoms with E-state index in [2.05, 4.69) is 15.4 Å². The summed E-state index contributed by atoms with van der Waals surface area (Å²) in [5.41, 5.74) is 2.89. The van der Waals surface area contributed by atoms with Crippen molar-refractivity contribution in [2.75, 3.05) is 0 Å². The molecule has 24 heavy (non-hydrogen) atoms. The highest BCUT2D eigenvalue weighted by atomic mass is 35.5. The van der Waals surface area contributed by atoms with Crippen molar-refractivity contribution in [1.82, 2.24) is 20.1 Å². The molecule has 0 fully saturated rings. The first-order chi connectivity index (χ1) is 11.6. The summed E-state index contributed by atoms with van der Waals surface area (Å²) in [5, 5.41) is 7.76. The van der Waals surface area contributed by atoms with Crippen LogP contribution in [0.2, 0.25) is 5.02 Å². The summed E-state index contributed by atoms with van der Waals surface area (Å²) >= 11 is 5.85. The van der Waals surface area contributed by atoms with Crippen molar-refractivity contribution < 1.29 is 4.79 Å². The molecule has 1 atom stereocenters. The molecule has 2 aromatic carbocycles. The normalized spacial score (nSPS) is 11.9. The second kappa shape index (κ2) is 7.27. The van der Waals surface area contributed by atoms with Gasteiger partial charge in [-0.1, -0.05) is 35.9 Å². The summed E-state index contributed by atoms with van der Waals surface area (Å²) < 4.78 is 1.69. The fourth-order valence-electron chi connectivity index (χ4n) is 2.42. The van der Waals surface area contributed by atoms with Gasteiger partial charge in [0.1, 0.15) is 12.7 Å². The van der Waals surface area contributed by atoms with Crippen molar-refractivity contribution in [2.45, 2.75) is 19.4 Å². The summed E-state index contributed by atoms with van der Waals surface area (Å²) in [6, 6.07) is 15.1. The van der Waals surface area contributed by atoms with Gasteiger partial charge in [-0.15, -0.1) is 0 Å². The molecular weight excluding hydrogens is 324 g/mol. The number of halogens is 1. The van der Waals surface area contributed by atoms with Gasteiger partial charge in [0.2, 0.25) is 5.91 Å². The molecule has 0 saturated heterocycles. The first-order valence-corrected chi connectivity index (χ1v) is 7.98. The topological polar surface area (TPSA) is 59.8 Å². The monoisotopic (exact) mass is 340 g/mol. The van der Waals surface area contributed by atoms with Gasteiger partial charge in [-0.2, -0.15) is 5.10 Å². The van der Waals surface area contributed by atoms with E-state index in [1.807, 2.05) is 43.3 Å². The molecule has 3 aromatic rings. The number of hydrogen-bond donors (Lipinski definition) is 1. The number of rotatable bonds is 5. The molecule has 0 radical (unpaired) electrons. The minimum atomic E-state index is -0.0744. The molecule has 0 aliphatic rings. The van der Waals surface area contributed by atoms with Crippen LogP contribution in [0.4, 0.5) is 0 Å². The maximum atomic E-state index is 12.2. The van der Waals surface area contributed by atoms with Gasteiger partial charge in [-0.25, -0.2) is 9.67 Å². The van der Waals surface area contributed by atoms with Crippen LogP contribution in [0.1, 0.15) is 24.1 Å². The van der Waals surface area contributed by atoms with Crippen LogP contribution in [0.5, 0.6) is 0 Å². The summed E-state index contributed by atoms with van der Waals surface area (Å²) in [4.78, 5) is 16.1. The van der Waals surface area contributed by atoms with Crippen molar-refractivity contribution in [2.24, 2.45) is 0 Å². The maximum absolute atomic E-state index is 12.2. The van der Waals surface area contributed by atoms with Crippen LogP contribution < -0.4 is 5.32 Å². The Balaban J connectivity index is 1.60. The molecule has 0 bridgehead atoms. The lowest BCUT2D eigenvalue weighted by atomic mass is 10.1. The lowest BCUT2D eigenvalue weighted by molar-refractivity contribution is -0.121. The summed E-state index contributed by atoms with van der Waals surface area (Å²) in [5.74, 6) is -0.0230. The highest BCUT2D eigenvalue weighted by molar-refractivity contribution is 6.30. The molecule has 0 aliphatic heterocycles. The molecule has 0 aliphatic carbocycles. The number of hydrogen-bond acceptors (Lipinski definition) is 3. The Morgan fingerprint density at radius 1 is 1.17 bits per heavy atom. The van der Waals surface area contributed by atoms with E-state index in [-0.39, 0.29) is 11.9 Å². The fourth-order valence-corrected chi connectivity index (χ4v) is 2.55. The van der Waals surface area contributed by atoms with Gasteiger partial charge < -0.3 is 5.32 Å². The summed E-state index contributed by atoms with van der Waals surface area (Å²) in [6.07, 6.45) is 3.47. The Morgan fingerprint density at radius 3 is 2.50 bits per heavy atom. The smallest absolute Gasteiger partial charge is 0.224 e. The quantitative estimate of drug-likeness (QED) is 0.775. The molecule has 0 spiro atoms. The van der Waals surface area contributed by atoms with Crippen molar-refractivity contribution in [3.05, 3.63) is 77.3 Å². The number of carbonyl (C=O) groups is 1. The van der Waals surface area contributed by atoms with E-state index in [1.54, 1.807) is 23.1 Å². The highest BCUT2D eigenvalue weighted by Gasteiger charge is 2.10. The van der Waals surface area contributed by atoms with Gasteiger partial charge in [0.05, 0.1) is 18.2 Å². The Kier molecular flexibility index (Phi) is 4.91. The largest absolute Gasteiger partial charge is 0.349 e. The van der Waals surface area contributed by atoms with Gasteiger partial charge in [-0.05, 0) is 42.3 Å². The third-order valence-electron chi connectivity index (χ3n) is 3.73. The van der Waals surface area contributed by atoms with Crippen molar-refractivity contribution in [1.29, 1.82) is 0 Å². The molecule has 5 nitrogen and oxygen atoms in total. The molecule has 0 saturated carbocycles. The average Bonchev–Trinajstić information content (AvgIpc) is 3.11. The predicted octanol–water partition coefficient (Wildman–Crippen LogP) is 3.34. The Hall–Kier alpha value is -2.66. The fraction of sp³-hybridized carbons (Fsp3) is 0.167. The van der Waals surface area contributed by atoms with Gasteiger partial charge in [-0.3, -0.25) is 4.79 Å². The van der Waals surface area contributed by atoms with Gasteiger partial charge >= 0.3 is 0 Å². The van der Waals surface area contributed by atoms with Crippen LogP contribution >= 0.6 is 11.6 Å². The zero-order valence-corrected chi connectivity index (χ0v) is 13.9. The third-order valence-corrected chi connectivity index (χ3v) is 3.98. The van der Waals surface area contributed by atoms with E-state index in [4.69, 9.17) is 11.6 Å². The van der Waals surface area contributed by atoms with Crippen LogP contribution in [0.25, 0.3) is 5.69 Å². The number of aromatic nitrogens is 3. The van der Waals surface area contributed by atoms with E-state index in [0.29, 0.717) is 11.4 Å². The van der Waals surface area contributed by atoms with Crippen molar-refractivity contribution in [3.8, 4) is 5.69 Å². The molecule has 1 amide bonds. The zero-order chi connectivity index (χ0) is 16.9. The van der Waals surface area contributed by atoms with Gasteiger partial charge in [0.25, 0.3) is 0 Å². The lowest BCUT2D eigenvalue weighted by Gasteiger charge is -2.15. The van der Waals surface area contributed by atoms with Crippen molar-refractivity contribution >= 4 is 17.5 Å². The van der Waals surface area contributed by atoms with Gasteiger partial charge in [0, 0.05) is 5.02 Å². The lowest BCUT2D eigenvalue weighted by Crippen LogP contribution is -2.28. The standard InChI is InChI=1S/C18H17ClN4O/c1-13(22-18(24)10-14-2-6-16(19)7-3-14)15-4-8-17(9-5-15)23-12-20-11-21-23/h2-9,11-13H,10H2,1H3,(H,22,24). The van der Waals surface area contributed by atoms with E-state index in [1.165, 1.54) is 6.33 Å². The van der Waals surface area contributed by atoms with Crippen LogP contribution in [-0.4, -0.2) is 20.7 Å². The molecular formula is C18H17ClN4O. The van der Waals surface area contributed by atoms with E-state index in [0.717, 1.165) is 16.8 Å². The molecule has 6 heteroatoms. The van der Waals surface area contributed by atoms with Crippen LogP contribution in [-0.2, 0) is 11.2 Å². The minimum absolute atomic E-state index is 0.0230. The molecule has 3 rings (SSSR count). The highest BCUT2D eigenvalue weighted by Crippen LogP contribution is 2.16. The Morgan fingerprint density at radius 2 is 1.88 bits per heavy atom. The molecule has 1 unspecified atom stereocenters. The van der Waals surface area contributed by atoms with E-state index in [9.17, 15) is 4.79 Å². The molecule has 122 valence electrons. The third kappa shape index (κ3) is 4.00. The minimum Gasteiger partial charge on any atom is -0.349 e. The number of carbonyl (C=O) groups excluding carboxylic acids is 1. The zero-order valence-electron chi connectivity index (χ0n) is 13.2. The van der Waals surface area contributed by atoms with Crippen LogP contribution in [0.3, 0.4) is 0 Å². The van der Waals surface area contributed by atoms with Gasteiger partial charge in [0.15, 0.2) is 0 Å². The molecule has 1 N–H and O–H groups in total. The number of nitrogens with one attached hydrogen (secondary N) is 1. The number of nitrogens with zero attached hydrogens (tertiary/aromatic N) is 3. The second-order valence-electron chi connectivity index (χ2n) is 5.52. The van der Waals surface area contributed by atoms with Crippen LogP contribution in [0.15, 0.2) is 61.2 Å². The average molecular weight is 341 g/mol. The second-order valence-corrected chi connectivity index (χ2v) is 5.96. The van der Waals surface area contributed by atoms with Crippen LogP contribution in [0, 0.1) is 0 Å². The van der Waals surface area contributed by atoms with Crippen molar-refractivity contribution in [3.63, 3.8) is 0 Å². The first-order valence-electron chi connectivity index (χ1n) is 7.60. The van der Waals surface area contributed by atoms with E-state index < -0.39 is 0 Å². The molecule has 1 heterocycles. The predicted molar refractivity (Wildman–Crippen MR) is 93.1 cm³/mol. The number of amides is 1. The Bertz CT molecular complexity index is 798.